The molecule has 0 unspecified atom stereocenters. The number of halogens is 2. The van der Waals surface area contributed by atoms with Gasteiger partial charge >= 0.3 is 0 Å². The van der Waals surface area contributed by atoms with Gasteiger partial charge in [-0.1, -0.05) is 35.3 Å². The molecular weight excluding hydrogens is 247 g/mol. The number of hydrogen-bond donors (Lipinski definition) is 0. The van der Waals surface area contributed by atoms with Gasteiger partial charge in [-0.3, -0.25) is 9.48 Å². The van der Waals surface area contributed by atoms with Crippen molar-refractivity contribution in [3.63, 3.8) is 0 Å². The number of aromatic nitrogens is 2. The minimum absolute atomic E-state index is 0.408. The van der Waals surface area contributed by atoms with Crippen LogP contribution in [0.2, 0.25) is 10.0 Å². The Kier molecular flexibility index (Phi) is 2.99. The van der Waals surface area contributed by atoms with E-state index in [0.717, 1.165) is 6.29 Å². The maximum Gasteiger partial charge on any atom is 0.153 e. The van der Waals surface area contributed by atoms with Crippen molar-refractivity contribution in [2.75, 3.05) is 0 Å². The standard InChI is InChI=1S/C11H8Cl2N2O/c1-15-5-7(6-16)11(14-15)8-3-2-4-9(12)10(8)13/h2-6H,1H3. The van der Waals surface area contributed by atoms with Gasteiger partial charge in [0.05, 0.1) is 15.6 Å². The lowest BCUT2D eigenvalue weighted by atomic mass is 10.1. The second kappa shape index (κ2) is 4.28. The van der Waals surface area contributed by atoms with E-state index in [1.54, 1.807) is 36.1 Å². The summed E-state index contributed by atoms with van der Waals surface area (Å²) in [5.41, 5.74) is 1.70. The zero-order valence-corrected chi connectivity index (χ0v) is 9.96. The van der Waals surface area contributed by atoms with Gasteiger partial charge in [0, 0.05) is 18.8 Å². The van der Waals surface area contributed by atoms with Gasteiger partial charge in [0.15, 0.2) is 6.29 Å². The molecule has 0 N–H and O–H groups in total. The van der Waals surface area contributed by atoms with Crippen LogP contribution >= 0.6 is 23.2 Å². The van der Waals surface area contributed by atoms with Crippen LogP contribution in [-0.2, 0) is 7.05 Å². The summed E-state index contributed by atoms with van der Waals surface area (Å²) in [6, 6.07) is 5.24. The molecule has 0 radical (unpaired) electrons. The van der Waals surface area contributed by atoms with Crippen LogP contribution < -0.4 is 0 Å². The van der Waals surface area contributed by atoms with E-state index in [-0.39, 0.29) is 0 Å². The zero-order valence-electron chi connectivity index (χ0n) is 8.45. The van der Waals surface area contributed by atoms with Crippen LogP contribution in [0.4, 0.5) is 0 Å². The van der Waals surface area contributed by atoms with Crippen LogP contribution in [0.25, 0.3) is 11.3 Å². The molecule has 0 atom stereocenters. The third-order valence-corrected chi connectivity index (χ3v) is 3.01. The second-order valence-electron chi connectivity index (χ2n) is 3.33. The first kappa shape index (κ1) is 11.2. The van der Waals surface area contributed by atoms with E-state index in [9.17, 15) is 4.79 Å². The first-order valence-corrected chi connectivity index (χ1v) is 5.32. The van der Waals surface area contributed by atoms with E-state index >= 15 is 0 Å². The van der Waals surface area contributed by atoms with E-state index < -0.39 is 0 Å². The van der Waals surface area contributed by atoms with Gasteiger partial charge in [-0.2, -0.15) is 5.10 Å². The number of benzene rings is 1. The number of rotatable bonds is 2. The number of nitrogens with zero attached hydrogens (tertiary/aromatic N) is 2. The lowest BCUT2D eigenvalue weighted by Gasteiger charge is -2.02. The Morgan fingerprint density at radius 2 is 2.12 bits per heavy atom. The molecule has 0 saturated heterocycles. The lowest BCUT2D eigenvalue weighted by molar-refractivity contribution is 0.112. The molecule has 82 valence electrons. The van der Waals surface area contributed by atoms with Crippen molar-refractivity contribution in [3.05, 3.63) is 40.0 Å². The van der Waals surface area contributed by atoms with E-state index in [1.165, 1.54) is 0 Å². The van der Waals surface area contributed by atoms with Crippen LogP contribution in [0.5, 0.6) is 0 Å². The Bertz CT molecular complexity index is 549. The highest BCUT2D eigenvalue weighted by Crippen LogP contribution is 2.33. The van der Waals surface area contributed by atoms with Gasteiger partial charge in [0.1, 0.15) is 5.69 Å². The largest absolute Gasteiger partial charge is 0.298 e. The summed E-state index contributed by atoms with van der Waals surface area (Å²) in [6.45, 7) is 0. The van der Waals surface area contributed by atoms with Crippen molar-refractivity contribution >= 4 is 29.5 Å². The van der Waals surface area contributed by atoms with Gasteiger partial charge in [0.2, 0.25) is 0 Å². The summed E-state index contributed by atoms with van der Waals surface area (Å²) < 4.78 is 1.57. The fourth-order valence-corrected chi connectivity index (χ4v) is 1.88. The molecule has 0 amide bonds. The fourth-order valence-electron chi connectivity index (χ4n) is 1.49. The Labute approximate surface area is 103 Å². The van der Waals surface area contributed by atoms with Gasteiger partial charge < -0.3 is 0 Å². The Morgan fingerprint density at radius 1 is 1.38 bits per heavy atom. The molecule has 3 nitrogen and oxygen atoms in total. The van der Waals surface area contributed by atoms with E-state index in [1.807, 2.05) is 0 Å². The zero-order chi connectivity index (χ0) is 11.7. The molecular formula is C11H8Cl2N2O. The van der Waals surface area contributed by atoms with Crippen molar-refractivity contribution in [1.29, 1.82) is 0 Å². The third-order valence-electron chi connectivity index (χ3n) is 2.19. The predicted molar refractivity (Wildman–Crippen MR) is 64.1 cm³/mol. The smallest absolute Gasteiger partial charge is 0.153 e. The average Bonchev–Trinajstić information content (AvgIpc) is 2.63. The van der Waals surface area contributed by atoms with Crippen LogP contribution in [0.1, 0.15) is 10.4 Å². The highest BCUT2D eigenvalue weighted by molar-refractivity contribution is 6.43. The SMILES string of the molecule is Cn1cc(C=O)c(-c2cccc(Cl)c2Cl)n1. The van der Waals surface area contributed by atoms with Crippen molar-refractivity contribution in [1.82, 2.24) is 9.78 Å². The Hall–Kier alpha value is -1.32. The van der Waals surface area contributed by atoms with Crippen LogP contribution in [0, 0.1) is 0 Å². The molecule has 2 rings (SSSR count). The first-order chi connectivity index (χ1) is 7.63. The van der Waals surface area contributed by atoms with E-state index in [4.69, 9.17) is 23.2 Å². The third kappa shape index (κ3) is 1.84. The number of hydrogen-bond acceptors (Lipinski definition) is 2. The summed E-state index contributed by atoms with van der Waals surface area (Å²) in [5, 5.41) is 5.05. The molecule has 0 fully saturated rings. The van der Waals surface area contributed by atoms with Crippen molar-refractivity contribution in [2.45, 2.75) is 0 Å². The predicted octanol–water partition coefficient (Wildman–Crippen LogP) is 3.21. The number of aldehydes is 1. The van der Waals surface area contributed by atoms with Crippen molar-refractivity contribution in [3.8, 4) is 11.3 Å². The molecule has 5 heteroatoms. The Balaban J connectivity index is 2.66. The molecule has 0 spiro atoms. The first-order valence-electron chi connectivity index (χ1n) is 4.56. The highest BCUT2D eigenvalue weighted by atomic mass is 35.5. The fraction of sp³-hybridized carbons (Fsp3) is 0.0909. The Morgan fingerprint density at radius 3 is 2.81 bits per heavy atom. The van der Waals surface area contributed by atoms with Crippen LogP contribution in [0.3, 0.4) is 0 Å². The topological polar surface area (TPSA) is 34.9 Å². The second-order valence-corrected chi connectivity index (χ2v) is 4.11. The summed E-state index contributed by atoms with van der Waals surface area (Å²) in [7, 11) is 1.74. The molecule has 1 aromatic carbocycles. The van der Waals surface area contributed by atoms with Crippen LogP contribution in [0.15, 0.2) is 24.4 Å². The molecule has 0 saturated carbocycles. The summed E-state index contributed by atoms with van der Waals surface area (Å²) in [5.74, 6) is 0. The van der Waals surface area contributed by atoms with Crippen molar-refractivity contribution in [2.24, 2.45) is 7.05 Å². The molecule has 0 aliphatic rings. The van der Waals surface area contributed by atoms with Gasteiger partial charge in [-0.05, 0) is 6.07 Å². The average molecular weight is 255 g/mol. The maximum absolute atomic E-state index is 10.9. The quantitative estimate of drug-likeness (QED) is 0.772. The van der Waals surface area contributed by atoms with Crippen LogP contribution in [-0.4, -0.2) is 16.1 Å². The van der Waals surface area contributed by atoms with Gasteiger partial charge in [-0.25, -0.2) is 0 Å². The number of carbonyl (C=O) groups excluding carboxylic acids is 1. The highest BCUT2D eigenvalue weighted by Gasteiger charge is 2.13. The minimum atomic E-state index is 0.408. The number of carbonyl (C=O) groups is 1. The molecule has 1 heterocycles. The van der Waals surface area contributed by atoms with Gasteiger partial charge in [-0.15, -0.1) is 0 Å². The summed E-state index contributed by atoms with van der Waals surface area (Å²) >= 11 is 12.0. The summed E-state index contributed by atoms with van der Waals surface area (Å²) in [6.07, 6.45) is 2.39. The molecule has 2 aromatic rings. The maximum atomic E-state index is 10.9. The molecule has 16 heavy (non-hydrogen) atoms. The minimum Gasteiger partial charge on any atom is -0.298 e. The van der Waals surface area contributed by atoms with Crippen molar-refractivity contribution < 1.29 is 4.79 Å². The molecule has 0 bridgehead atoms. The molecule has 1 aromatic heterocycles. The van der Waals surface area contributed by atoms with E-state index in [0.29, 0.717) is 26.9 Å². The van der Waals surface area contributed by atoms with Gasteiger partial charge in [0.25, 0.3) is 0 Å². The lowest BCUT2D eigenvalue weighted by Crippen LogP contribution is -1.89. The molecule has 0 aliphatic carbocycles. The monoisotopic (exact) mass is 254 g/mol. The normalized spacial score (nSPS) is 10.4. The molecule has 0 aliphatic heterocycles. The van der Waals surface area contributed by atoms with E-state index in [2.05, 4.69) is 5.10 Å². The number of aryl methyl sites for hydroxylation is 1. The summed E-state index contributed by atoms with van der Waals surface area (Å²) in [4.78, 5) is 10.9.